The van der Waals surface area contributed by atoms with Gasteiger partial charge in [0.05, 0.1) is 10.8 Å². The summed E-state index contributed by atoms with van der Waals surface area (Å²) in [6.07, 6.45) is 4.05. The van der Waals surface area contributed by atoms with E-state index in [1.165, 1.54) is 33.6 Å². The van der Waals surface area contributed by atoms with E-state index in [9.17, 15) is 24.4 Å². The van der Waals surface area contributed by atoms with Crippen molar-refractivity contribution in [2.75, 3.05) is 10.2 Å². The Morgan fingerprint density at radius 1 is 1.10 bits per heavy atom. The fourth-order valence-corrected chi connectivity index (χ4v) is 7.42. The first kappa shape index (κ1) is 26.4. The van der Waals surface area contributed by atoms with E-state index in [2.05, 4.69) is 23.5 Å². The highest BCUT2D eigenvalue weighted by Crippen LogP contribution is 2.46. The van der Waals surface area contributed by atoms with E-state index in [1.807, 2.05) is 18.2 Å². The number of carbonyl (C=O) groups is 4. The average Bonchev–Trinajstić information content (AvgIpc) is 3.42. The number of hydrogen-bond donors (Lipinski definition) is 2. The van der Waals surface area contributed by atoms with E-state index < -0.39 is 17.1 Å². The van der Waals surface area contributed by atoms with E-state index in [1.54, 1.807) is 24.3 Å². The van der Waals surface area contributed by atoms with Gasteiger partial charge >= 0.3 is 5.97 Å². The predicted molar refractivity (Wildman–Crippen MR) is 149 cm³/mol. The number of benzene rings is 2. The highest BCUT2D eigenvalue weighted by atomic mass is 32.2. The third kappa shape index (κ3) is 5.65. The smallest absolute Gasteiger partial charge is 0.328 e. The number of rotatable bonds is 7. The van der Waals surface area contributed by atoms with Crippen molar-refractivity contribution < 1.29 is 24.3 Å². The molecule has 1 aliphatic heterocycles. The highest BCUT2D eigenvalue weighted by Gasteiger charge is 2.43. The molecule has 1 saturated heterocycles. The Labute approximate surface area is 232 Å². The minimum atomic E-state index is -1.23. The number of aliphatic carboxylic acids is 1. The number of nitriles is 1. The lowest BCUT2D eigenvalue weighted by atomic mass is 9.83. The number of anilines is 2. The van der Waals surface area contributed by atoms with Crippen molar-refractivity contribution >= 4 is 57.5 Å². The molecule has 0 bridgehead atoms. The molecule has 0 unspecified atom stereocenters. The molecule has 39 heavy (non-hydrogen) atoms. The Hall–Kier alpha value is -4.20. The number of amides is 3. The molecule has 0 spiro atoms. The molecular weight excluding hydrogens is 534 g/mol. The Balaban J connectivity index is 1.33. The summed E-state index contributed by atoms with van der Waals surface area (Å²) >= 11 is 2.58. The van der Waals surface area contributed by atoms with Crippen molar-refractivity contribution in [2.45, 2.75) is 41.7 Å². The van der Waals surface area contributed by atoms with Crippen LogP contribution >= 0.6 is 23.1 Å². The van der Waals surface area contributed by atoms with Crippen LogP contribution in [0.15, 0.2) is 71.6 Å². The van der Waals surface area contributed by atoms with Crippen molar-refractivity contribution in [1.29, 1.82) is 5.26 Å². The molecule has 2 atom stereocenters. The number of thiophene rings is 1. The second-order valence-electron chi connectivity index (χ2n) is 9.21. The minimum absolute atomic E-state index is 0.00150. The van der Waals surface area contributed by atoms with Crippen LogP contribution in [0, 0.1) is 11.3 Å². The van der Waals surface area contributed by atoms with E-state index >= 15 is 0 Å². The SMILES string of the molecule is N#Cc1c(N2C(=O)C[C@@H](Sc3cccc(NC(=O)/C=C/C(=O)O)c3)C2=O)sc2c1CC[C@@H](c1ccccc1)C2. The summed E-state index contributed by atoms with van der Waals surface area (Å²) in [5, 5.41) is 21.0. The van der Waals surface area contributed by atoms with Gasteiger partial charge in [0.2, 0.25) is 17.7 Å². The molecule has 3 aromatic rings. The van der Waals surface area contributed by atoms with Crippen LogP contribution in [0.25, 0.3) is 0 Å². The number of nitrogens with zero attached hydrogens (tertiary/aromatic N) is 2. The number of carbonyl (C=O) groups excluding carboxylic acids is 3. The zero-order valence-corrected chi connectivity index (χ0v) is 22.3. The van der Waals surface area contributed by atoms with Crippen LogP contribution in [0.4, 0.5) is 10.7 Å². The normalized spacial score (nSPS) is 18.7. The molecule has 2 aliphatic rings. The Morgan fingerprint density at radius 2 is 1.90 bits per heavy atom. The summed E-state index contributed by atoms with van der Waals surface area (Å²) in [6, 6.07) is 19.3. The lowest BCUT2D eigenvalue weighted by Gasteiger charge is -2.22. The second kappa shape index (κ2) is 11.3. The van der Waals surface area contributed by atoms with Crippen molar-refractivity contribution in [3.05, 3.63) is 88.3 Å². The van der Waals surface area contributed by atoms with Gasteiger partial charge in [-0.05, 0) is 54.5 Å². The molecule has 1 fully saturated rings. The van der Waals surface area contributed by atoms with Crippen molar-refractivity contribution in [3.8, 4) is 6.07 Å². The molecular formula is C29H23N3O5S2. The minimum Gasteiger partial charge on any atom is -0.478 e. The van der Waals surface area contributed by atoms with Crippen LogP contribution in [0.1, 0.15) is 40.3 Å². The molecule has 0 saturated carbocycles. The lowest BCUT2D eigenvalue weighted by molar-refractivity contribution is -0.131. The summed E-state index contributed by atoms with van der Waals surface area (Å²) in [7, 11) is 0. The van der Waals surface area contributed by atoms with Gasteiger partial charge in [0.1, 0.15) is 11.1 Å². The van der Waals surface area contributed by atoms with Crippen LogP contribution in [-0.4, -0.2) is 34.0 Å². The van der Waals surface area contributed by atoms with E-state index in [0.717, 1.165) is 41.9 Å². The Bertz CT molecular complexity index is 1540. The van der Waals surface area contributed by atoms with Gasteiger partial charge in [-0.25, -0.2) is 9.69 Å². The number of thioether (sulfide) groups is 1. The van der Waals surface area contributed by atoms with Crippen LogP contribution in [-0.2, 0) is 32.0 Å². The third-order valence-electron chi connectivity index (χ3n) is 6.70. The molecule has 1 aromatic heterocycles. The number of nitrogens with one attached hydrogen (secondary N) is 1. The average molecular weight is 558 g/mol. The first-order valence-corrected chi connectivity index (χ1v) is 14.0. The number of hydrogen-bond acceptors (Lipinski definition) is 7. The first-order valence-electron chi connectivity index (χ1n) is 12.3. The highest BCUT2D eigenvalue weighted by molar-refractivity contribution is 8.00. The molecule has 196 valence electrons. The fourth-order valence-electron chi connectivity index (χ4n) is 4.91. The van der Waals surface area contributed by atoms with Gasteiger partial charge in [0, 0.05) is 34.0 Å². The van der Waals surface area contributed by atoms with E-state index in [4.69, 9.17) is 5.11 Å². The maximum absolute atomic E-state index is 13.4. The van der Waals surface area contributed by atoms with Crippen LogP contribution in [0.3, 0.4) is 0 Å². The molecule has 8 nitrogen and oxygen atoms in total. The number of carboxylic acid groups (broad SMARTS) is 1. The molecule has 2 N–H and O–H groups in total. The largest absolute Gasteiger partial charge is 0.478 e. The molecule has 2 aromatic carbocycles. The maximum Gasteiger partial charge on any atom is 0.328 e. The molecule has 2 heterocycles. The van der Waals surface area contributed by atoms with Crippen LogP contribution in [0.5, 0.6) is 0 Å². The van der Waals surface area contributed by atoms with Gasteiger partial charge in [0.25, 0.3) is 0 Å². The van der Waals surface area contributed by atoms with E-state index in [-0.39, 0.29) is 18.2 Å². The Kier molecular flexibility index (Phi) is 7.63. The molecule has 3 amide bonds. The number of imide groups is 1. The summed E-state index contributed by atoms with van der Waals surface area (Å²) < 4.78 is 0. The molecule has 5 rings (SSSR count). The Morgan fingerprint density at radius 3 is 2.64 bits per heavy atom. The summed E-state index contributed by atoms with van der Waals surface area (Å²) in [5.74, 6) is -2.20. The second-order valence-corrected chi connectivity index (χ2v) is 11.6. The van der Waals surface area contributed by atoms with Crippen molar-refractivity contribution in [2.24, 2.45) is 0 Å². The van der Waals surface area contributed by atoms with Gasteiger partial charge in [-0.1, -0.05) is 36.4 Å². The zero-order valence-electron chi connectivity index (χ0n) is 20.6. The van der Waals surface area contributed by atoms with Gasteiger partial charge in [0.15, 0.2) is 0 Å². The predicted octanol–water partition coefficient (Wildman–Crippen LogP) is 4.90. The topological polar surface area (TPSA) is 128 Å². The van der Waals surface area contributed by atoms with Crippen molar-refractivity contribution in [1.82, 2.24) is 0 Å². The lowest BCUT2D eigenvalue weighted by Crippen LogP contribution is -2.31. The number of fused-ring (bicyclic) bond motifs is 1. The van der Waals surface area contributed by atoms with Crippen LogP contribution in [0.2, 0.25) is 0 Å². The van der Waals surface area contributed by atoms with Gasteiger partial charge < -0.3 is 10.4 Å². The summed E-state index contributed by atoms with van der Waals surface area (Å²) in [5.41, 5.74) is 3.05. The maximum atomic E-state index is 13.4. The van der Waals surface area contributed by atoms with Crippen molar-refractivity contribution in [3.63, 3.8) is 0 Å². The first-order chi connectivity index (χ1) is 18.8. The third-order valence-corrected chi connectivity index (χ3v) is 9.11. The summed E-state index contributed by atoms with van der Waals surface area (Å²) in [4.78, 5) is 51.9. The molecule has 1 aliphatic carbocycles. The fraction of sp³-hybridized carbons (Fsp3) is 0.207. The zero-order chi connectivity index (χ0) is 27.5. The monoisotopic (exact) mass is 557 g/mol. The standard InChI is InChI=1S/C29H23N3O5S2/c30-16-22-21-10-9-18(17-5-2-1-3-6-17)13-23(21)39-29(22)32-26(34)15-24(28(32)37)38-20-8-4-7-19(14-20)31-25(33)11-12-27(35)36/h1-8,11-12,14,18,24H,9-10,13,15H2,(H,31,33)(H,35,36)/b12-11+/t18-,24-/m1/s1. The summed E-state index contributed by atoms with van der Waals surface area (Å²) in [6.45, 7) is 0. The molecule has 10 heteroatoms. The molecule has 0 radical (unpaired) electrons. The van der Waals surface area contributed by atoms with Gasteiger partial charge in [-0.3, -0.25) is 14.4 Å². The number of carboxylic acids is 1. The van der Waals surface area contributed by atoms with Gasteiger partial charge in [-0.2, -0.15) is 5.26 Å². The van der Waals surface area contributed by atoms with Crippen LogP contribution < -0.4 is 10.2 Å². The van der Waals surface area contributed by atoms with E-state index in [0.29, 0.717) is 27.1 Å². The quantitative estimate of drug-likeness (QED) is 0.313. The van der Waals surface area contributed by atoms with Gasteiger partial charge in [-0.15, -0.1) is 23.1 Å².